The van der Waals surface area contributed by atoms with Crippen LogP contribution in [0.5, 0.6) is 0 Å². The van der Waals surface area contributed by atoms with Gasteiger partial charge in [-0.3, -0.25) is 9.59 Å². The monoisotopic (exact) mass is 458 g/mol. The number of amides is 2. The van der Waals surface area contributed by atoms with E-state index in [0.29, 0.717) is 9.90 Å². The molecule has 30 heavy (non-hydrogen) atoms. The summed E-state index contributed by atoms with van der Waals surface area (Å²) in [4.78, 5) is 38.0. The van der Waals surface area contributed by atoms with Crippen LogP contribution >= 0.6 is 23.1 Å². The molecule has 0 saturated heterocycles. The first kappa shape index (κ1) is 22.2. The second-order valence-corrected chi connectivity index (χ2v) is 8.88. The van der Waals surface area contributed by atoms with E-state index in [0.717, 1.165) is 28.8 Å². The smallest absolute Gasteiger partial charge is 0.416 e. The maximum Gasteiger partial charge on any atom is 0.416 e. The molecule has 1 aromatic carbocycles. The summed E-state index contributed by atoms with van der Waals surface area (Å²) < 4.78 is 43.5. The molecular formula is C19H17F3N2O4S2. The van der Waals surface area contributed by atoms with Crippen LogP contribution in [0.3, 0.4) is 0 Å². The van der Waals surface area contributed by atoms with Gasteiger partial charge in [-0.15, -0.1) is 23.1 Å². The molecular weight excluding hydrogens is 441 g/mol. The van der Waals surface area contributed by atoms with E-state index in [1.165, 1.54) is 17.4 Å². The molecule has 0 saturated carbocycles. The third-order valence-corrected chi connectivity index (χ3v) is 6.34. The third kappa shape index (κ3) is 4.96. The van der Waals surface area contributed by atoms with E-state index < -0.39 is 34.8 Å². The number of esters is 1. The van der Waals surface area contributed by atoms with Crippen LogP contribution in [0.15, 0.2) is 29.2 Å². The van der Waals surface area contributed by atoms with Crippen molar-refractivity contribution in [1.82, 2.24) is 0 Å². The van der Waals surface area contributed by atoms with Crippen LogP contribution in [-0.4, -0.2) is 29.6 Å². The number of ether oxygens (including phenoxy) is 1. The van der Waals surface area contributed by atoms with E-state index in [2.05, 4.69) is 10.6 Å². The van der Waals surface area contributed by atoms with E-state index in [1.54, 1.807) is 19.9 Å². The minimum Gasteiger partial charge on any atom is -0.462 e. The van der Waals surface area contributed by atoms with Gasteiger partial charge in [-0.25, -0.2) is 4.79 Å². The first-order valence-electron chi connectivity index (χ1n) is 8.84. The number of hydrogen-bond acceptors (Lipinski definition) is 6. The lowest BCUT2D eigenvalue weighted by atomic mass is 10.1. The molecule has 2 aromatic rings. The summed E-state index contributed by atoms with van der Waals surface area (Å²) in [6.07, 6.45) is -4.73. The molecule has 1 unspecified atom stereocenters. The Labute approximate surface area is 178 Å². The Hall–Kier alpha value is -2.53. The number of hydrogen-bond donors (Lipinski definition) is 2. The van der Waals surface area contributed by atoms with E-state index >= 15 is 0 Å². The summed E-state index contributed by atoms with van der Waals surface area (Å²) in [7, 11) is 0. The van der Waals surface area contributed by atoms with Crippen LogP contribution in [0, 0.1) is 6.92 Å². The quantitative estimate of drug-likeness (QED) is 0.635. The Bertz CT molecular complexity index is 1000. The minimum absolute atomic E-state index is 0.0648. The Morgan fingerprint density at radius 3 is 2.67 bits per heavy atom. The molecule has 0 radical (unpaired) electrons. The maximum atomic E-state index is 12.8. The number of carbonyl (C=O) groups is 3. The molecule has 6 nitrogen and oxygen atoms in total. The van der Waals surface area contributed by atoms with E-state index in [9.17, 15) is 27.6 Å². The highest BCUT2D eigenvalue weighted by molar-refractivity contribution is 8.01. The number of alkyl halides is 3. The average Bonchev–Trinajstić information content (AvgIpc) is 3.01. The number of thiophene rings is 1. The lowest BCUT2D eigenvalue weighted by molar-refractivity contribution is -0.137. The van der Waals surface area contributed by atoms with E-state index in [1.807, 2.05) is 0 Å². The van der Waals surface area contributed by atoms with Gasteiger partial charge in [0.05, 0.1) is 28.7 Å². The zero-order valence-corrected chi connectivity index (χ0v) is 17.5. The number of thioether (sulfide) groups is 1. The highest BCUT2D eigenvalue weighted by Gasteiger charge is 2.34. The predicted molar refractivity (Wildman–Crippen MR) is 108 cm³/mol. The van der Waals surface area contributed by atoms with Gasteiger partial charge in [0, 0.05) is 16.2 Å². The van der Waals surface area contributed by atoms with Crippen molar-refractivity contribution in [1.29, 1.82) is 0 Å². The number of anilines is 2. The zero-order chi connectivity index (χ0) is 22.1. The SMILES string of the molecule is CCOC(=O)c1cc(C)sc1NC(=O)CC1Sc2ccc(C(F)(F)F)cc2NC1=O. The fourth-order valence-corrected chi connectivity index (χ4v) is 4.78. The molecule has 11 heteroatoms. The zero-order valence-electron chi connectivity index (χ0n) is 15.9. The Kier molecular flexibility index (Phi) is 6.41. The van der Waals surface area contributed by atoms with Crippen LogP contribution in [0.4, 0.5) is 23.9 Å². The van der Waals surface area contributed by atoms with E-state index in [4.69, 9.17) is 4.74 Å². The van der Waals surface area contributed by atoms with Crippen molar-refractivity contribution < 1.29 is 32.3 Å². The summed E-state index contributed by atoms with van der Waals surface area (Å²) in [5.41, 5.74) is -0.564. The average molecular weight is 458 g/mol. The maximum absolute atomic E-state index is 12.8. The van der Waals surface area contributed by atoms with Crippen LogP contribution in [-0.2, 0) is 20.5 Å². The number of benzene rings is 1. The number of carbonyl (C=O) groups excluding carboxylic acids is 3. The fourth-order valence-electron chi connectivity index (χ4n) is 2.77. The Balaban J connectivity index is 1.70. The standard InChI is InChI=1S/C19H17F3N2O4S2/c1-3-28-18(27)11-6-9(2)29-17(11)24-15(25)8-14-16(26)23-12-7-10(19(20,21)22)4-5-13(12)30-14/h4-7,14H,3,8H2,1-2H3,(H,23,26)(H,24,25). The predicted octanol–water partition coefficient (Wildman–Crippen LogP) is 4.69. The third-order valence-electron chi connectivity index (χ3n) is 4.10. The van der Waals surface area contributed by atoms with Crippen LogP contribution in [0.2, 0.25) is 0 Å². The molecule has 0 bridgehead atoms. The normalized spacial score (nSPS) is 15.9. The van der Waals surface area contributed by atoms with Gasteiger partial charge in [0.2, 0.25) is 11.8 Å². The molecule has 0 spiro atoms. The fraction of sp³-hybridized carbons (Fsp3) is 0.316. The van der Waals surface area contributed by atoms with Crippen molar-refractivity contribution in [3.63, 3.8) is 0 Å². The largest absolute Gasteiger partial charge is 0.462 e. The number of nitrogens with one attached hydrogen (secondary N) is 2. The Morgan fingerprint density at radius 1 is 1.27 bits per heavy atom. The van der Waals surface area contributed by atoms with Gasteiger partial charge in [-0.05, 0) is 38.1 Å². The van der Waals surface area contributed by atoms with Crippen molar-refractivity contribution in [2.24, 2.45) is 0 Å². The molecule has 0 fully saturated rings. The number of halogens is 3. The van der Waals surface area contributed by atoms with Gasteiger partial charge in [0.25, 0.3) is 0 Å². The molecule has 1 aromatic heterocycles. The molecule has 1 atom stereocenters. The molecule has 0 aliphatic carbocycles. The Morgan fingerprint density at radius 2 is 2.00 bits per heavy atom. The van der Waals surface area contributed by atoms with E-state index in [-0.39, 0.29) is 24.3 Å². The molecule has 2 heterocycles. The lowest BCUT2D eigenvalue weighted by Crippen LogP contribution is -2.32. The van der Waals surface area contributed by atoms with Crippen LogP contribution in [0.1, 0.15) is 34.1 Å². The molecule has 2 amide bonds. The second kappa shape index (κ2) is 8.68. The van der Waals surface area contributed by atoms with Gasteiger partial charge < -0.3 is 15.4 Å². The summed E-state index contributed by atoms with van der Waals surface area (Å²) in [6.45, 7) is 3.64. The first-order chi connectivity index (χ1) is 14.1. The first-order valence-corrected chi connectivity index (χ1v) is 10.5. The highest BCUT2D eigenvalue weighted by atomic mass is 32.2. The number of rotatable bonds is 5. The molecule has 2 N–H and O–H groups in total. The van der Waals surface area contributed by atoms with Gasteiger partial charge in [0.1, 0.15) is 5.00 Å². The van der Waals surface area contributed by atoms with Crippen molar-refractivity contribution in [3.05, 3.63) is 40.3 Å². The van der Waals surface area contributed by atoms with Gasteiger partial charge >= 0.3 is 12.1 Å². The molecule has 160 valence electrons. The summed E-state index contributed by atoms with van der Waals surface area (Å²) >= 11 is 2.22. The molecule has 3 rings (SSSR count). The molecule has 1 aliphatic rings. The summed E-state index contributed by atoms with van der Waals surface area (Å²) in [5, 5.41) is 4.57. The number of fused-ring (bicyclic) bond motifs is 1. The van der Waals surface area contributed by atoms with Crippen molar-refractivity contribution in [2.45, 2.75) is 36.6 Å². The number of aryl methyl sites for hydroxylation is 1. The van der Waals surface area contributed by atoms with Crippen molar-refractivity contribution in [2.75, 3.05) is 17.2 Å². The van der Waals surface area contributed by atoms with Crippen molar-refractivity contribution >= 4 is 51.6 Å². The van der Waals surface area contributed by atoms with Gasteiger partial charge in [-0.1, -0.05) is 0 Å². The summed E-state index contributed by atoms with van der Waals surface area (Å²) in [5.74, 6) is -1.61. The highest BCUT2D eigenvalue weighted by Crippen LogP contribution is 2.40. The van der Waals surface area contributed by atoms with Gasteiger partial charge in [-0.2, -0.15) is 13.2 Å². The molecule has 1 aliphatic heterocycles. The van der Waals surface area contributed by atoms with Crippen molar-refractivity contribution in [3.8, 4) is 0 Å². The topological polar surface area (TPSA) is 84.5 Å². The minimum atomic E-state index is -4.52. The van der Waals surface area contributed by atoms with Crippen LogP contribution < -0.4 is 10.6 Å². The van der Waals surface area contributed by atoms with Gasteiger partial charge in [0.15, 0.2) is 0 Å². The van der Waals surface area contributed by atoms with Crippen LogP contribution in [0.25, 0.3) is 0 Å². The second-order valence-electron chi connectivity index (χ2n) is 6.38. The summed E-state index contributed by atoms with van der Waals surface area (Å²) in [6, 6.07) is 4.68. The lowest BCUT2D eigenvalue weighted by Gasteiger charge is -2.24.